The highest BCUT2D eigenvalue weighted by Gasteiger charge is 2.36. The van der Waals surface area contributed by atoms with Gasteiger partial charge < -0.3 is 9.32 Å². The van der Waals surface area contributed by atoms with Crippen molar-refractivity contribution in [2.24, 2.45) is 5.92 Å². The molecule has 1 fully saturated rings. The van der Waals surface area contributed by atoms with Gasteiger partial charge in [-0.3, -0.25) is 4.90 Å². The quantitative estimate of drug-likeness (QED) is 0.516. The molecular formula is C24H30N4OS. The molecule has 1 aliphatic heterocycles. The number of nitriles is 1. The number of rotatable bonds is 8. The van der Waals surface area contributed by atoms with Crippen molar-refractivity contribution >= 4 is 22.4 Å². The van der Waals surface area contributed by atoms with Crippen molar-refractivity contribution in [2.75, 3.05) is 32.7 Å². The Kier molecular flexibility index (Phi) is 6.52. The number of benzene rings is 1. The predicted molar refractivity (Wildman–Crippen MR) is 121 cm³/mol. The summed E-state index contributed by atoms with van der Waals surface area (Å²) in [4.78, 5) is 10.8. The van der Waals surface area contributed by atoms with Crippen LogP contribution in [-0.2, 0) is 12.0 Å². The third-order valence-corrected chi connectivity index (χ3v) is 7.40. The highest BCUT2D eigenvalue weighted by Crippen LogP contribution is 2.39. The lowest BCUT2D eigenvalue weighted by molar-refractivity contribution is 0.116. The molecule has 0 aliphatic carbocycles. The zero-order valence-electron chi connectivity index (χ0n) is 17.9. The van der Waals surface area contributed by atoms with E-state index in [1.165, 1.54) is 4.88 Å². The molecule has 0 amide bonds. The Hall–Kier alpha value is -2.20. The van der Waals surface area contributed by atoms with Crippen LogP contribution in [0.3, 0.4) is 0 Å². The van der Waals surface area contributed by atoms with Crippen molar-refractivity contribution in [1.29, 1.82) is 5.26 Å². The fourth-order valence-electron chi connectivity index (χ4n) is 4.40. The zero-order chi connectivity index (χ0) is 21.0. The minimum absolute atomic E-state index is 0.314. The first-order valence-corrected chi connectivity index (χ1v) is 11.7. The second kappa shape index (κ2) is 9.30. The first-order valence-electron chi connectivity index (χ1n) is 10.8. The summed E-state index contributed by atoms with van der Waals surface area (Å²) in [7, 11) is 0. The summed E-state index contributed by atoms with van der Waals surface area (Å²) in [6.45, 7) is 10.3. The van der Waals surface area contributed by atoms with E-state index >= 15 is 0 Å². The molecule has 30 heavy (non-hydrogen) atoms. The van der Waals surface area contributed by atoms with Crippen molar-refractivity contribution in [3.8, 4) is 6.07 Å². The predicted octanol–water partition coefficient (Wildman–Crippen LogP) is 4.90. The third kappa shape index (κ3) is 4.44. The standard InChI is InChI=1S/C24H30N4OS/c1-19(2)24(18-25,22-9-5-16-30-22)10-6-11-27-12-14-28(15-13-27)17-23-26-20-7-3-4-8-21(20)29-23/h3-5,7-9,16,19H,6,10-15,17H2,1-2H3. The Bertz CT molecular complexity index is 949. The van der Waals surface area contributed by atoms with E-state index in [2.05, 4.69) is 52.2 Å². The van der Waals surface area contributed by atoms with Crippen molar-refractivity contribution in [3.05, 3.63) is 52.5 Å². The van der Waals surface area contributed by atoms with Gasteiger partial charge in [0, 0.05) is 31.1 Å². The second-order valence-corrected chi connectivity index (χ2v) is 9.46. The third-order valence-electron chi connectivity index (χ3n) is 6.35. The molecule has 0 radical (unpaired) electrons. The molecule has 1 aliphatic rings. The van der Waals surface area contributed by atoms with Crippen LogP contribution in [-0.4, -0.2) is 47.5 Å². The number of para-hydroxylation sites is 2. The van der Waals surface area contributed by atoms with Gasteiger partial charge in [0.15, 0.2) is 5.58 Å². The molecule has 0 bridgehead atoms. The van der Waals surface area contributed by atoms with E-state index in [4.69, 9.17) is 4.42 Å². The summed E-state index contributed by atoms with van der Waals surface area (Å²) < 4.78 is 5.87. The van der Waals surface area contributed by atoms with Crippen LogP contribution in [0.5, 0.6) is 0 Å². The van der Waals surface area contributed by atoms with Crippen LogP contribution in [0.2, 0.25) is 0 Å². The van der Waals surface area contributed by atoms with E-state index in [9.17, 15) is 5.26 Å². The molecule has 6 heteroatoms. The topological polar surface area (TPSA) is 56.3 Å². The molecule has 3 heterocycles. The summed E-state index contributed by atoms with van der Waals surface area (Å²) in [5, 5.41) is 12.1. The lowest BCUT2D eigenvalue weighted by Gasteiger charge is -2.35. The molecule has 5 nitrogen and oxygen atoms in total. The Morgan fingerprint density at radius 1 is 1.13 bits per heavy atom. The van der Waals surface area contributed by atoms with Crippen LogP contribution >= 0.6 is 11.3 Å². The largest absolute Gasteiger partial charge is 0.439 e. The zero-order valence-corrected chi connectivity index (χ0v) is 18.7. The summed E-state index contributed by atoms with van der Waals surface area (Å²) in [6, 6.07) is 14.8. The number of thiophene rings is 1. The lowest BCUT2D eigenvalue weighted by atomic mass is 9.73. The molecule has 1 aromatic carbocycles. The van der Waals surface area contributed by atoms with Crippen molar-refractivity contribution in [1.82, 2.24) is 14.8 Å². The second-order valence-electron chi connectivity index (χ2n) is 8.51. The van der Waals surface area contributed by atoms with E-state index in [-0.39, 0.29) is 5.41 Å². The molecule has 2 aromatic heterocycles. The van der Waals surface area contributed by atoms with Crippen LogP contribution in [0, 0.1) is 17.2 Å². The fraction of sp³-hybridized carbons (Fsp3) is 0.500. The molecule has 1 atom stereocenters. The smallest absolute Gasteiger partial charge is 0.209 e. The van der Waals surface area contributed by atoms with Crippen LogP contribution in [0.15, 0.2) is 46.2 Å². The van der Waals surface area contributed by atoms with Gasteiger partial charge in [-0.05, 0) is 48.9 Å². The van der Waals surface area contributed by atoms with Crippen LogP contribution in [0.25, 0.3) is 11.1 Å². The van der Waals surface area contributed by atoms with Crippen molar-refractivity contribution in [3.63, 3.8) is 0 Å². The number of hydrogen-bond donors (Lipinski definition) is 0. The molecule has 1 saturated heterocycles. The summed E-state index contributed by atoms with van der Waals surface area (Å²) in [6.07, 6.45) is 1.97. The molecule has 0 N–H and O–H groups in total. The maximum Gasteiger partial charge on any atom is 0.209 e. The normalized spacial score (nSPS) is 17.9. The molecule has 3 aromatic rings. The van der Waals surface area contributed by atoms with E-state index in [0.29, 0.717) is 5.92 Å². The van der Waals surface area contributed by atoms with Gasteiger partial charge in [0.05, 0.1) is 18.0 Å². The van der Waals surface area contributed by atoms with Gasteiger partial charge in [-0.1, -0.05) is 32.0 Å². The average molecular weight is 423 g/mol. The fourth-order valence-corrected chi connectivity index (χ4v) is 5.45. The summed E-state index contributed by atoms with van der Waals surface area (Å²) in [5.41, 5.74) is 1.44. The summed E-state index contributed by atoms with van der Waals surface area (Å²) >= 11 is 1.71. The SMILES string of the molecule is CC(C)C(C#N)(CCCN1CCN(Cc2nc3ccccc3o2)CC1)c1cccs1. The van der Waals surface area contributed by atoms with Crippen LogP contribution in [0.1, 0.15) is 37.5 Å². The van der Waals surface area contributed by atoms with E-state index in [1.807, 2.05) is 24.3 Å². The van der Waals surface area contributed by atoms with E-state index < -0.39 is 0 Å². The van der Waals surface area contributed by atoms with E-state index in [0.717, 1.165) is 69.1 Å². The molecule has 0 saturated carbocycles. The van der Waals surface area contributed by atoms with Gasteiger partial charge in [0.2, 0.25) is 5.89 Å². The van der Waals surface area contributed by atoms with Gasteiger partial charge in [0.1, 0.15) is 5.52 Å². The molecular weight excluding hydrogens is 392 g/mol. The van der Waals surface area contributed by atoms with Gasteiger partial charge in [-0.25, -0.2) is 4.98 Å². The van der Waals surface area contributed by atoms with E-state index in [1.54, 1.807) is 11.3 Å². The average Bonchev–Trinajstić information content (AvgIpc) is 3.42. The molecule has 0 spiro atoms. The highest BCUT2D eigenvalue weighted by atomic mass is 32.1. The monoisotopic (exact) mass is 422 g/mol. The molecule has 158 valence electrons. The number of aromatic nitrogens is 1. The van der Waals surface area contributed by atoms with Crippen LogP contribution < -0.4 is 0 Å². The van der Waals surface area contributed by atoms with Gasteiger partial charge in [-0.2, -0.15) is 5.26 Å². The van der Waals surface area contributed by atoms with Crippen molar-refractivity contribution in [2.45, 2.75) is 38.6 Å². The number of nitrogens with zero attached hydrogens (tertiary/aromatic N) is 4. The minimum Gasteiger partial charge on any atom is -0.439 e. The first kappa shape index (κ1) is 21.0. The van der Waals surface area contributed by atoms with Gasteiger partial charge >= 0.3 is 0 Å². The Labute approximate surface area is 182 Å². The summed E-state index contributed by atoms with van der Waals surface area (Å²) in [5.74, 6) is 1.12. The Balaban J connectivity index is 1.26. The first-order chi connectivity index (χ1) is 14.6. The maximum absolute atomic E-state index is 10.0. The number of oxazole rings is 1. The molecule has 4 rings (SSSR count). The van der Waals surface area contributed by atoms with Crippen LogP contribution in [0.4, 0.5) is 0 Å². The Morgan fingerprint density at radius 2 is 1.90 bits per heavy atom. The Morgan fingerprint density at radius 3 is 2.57 bits per heavy atom. The highest BCUT2D eigenvalue weighted by molar-refractivity contribution is 7.10. The van der Waals surface area contributed by atoms with Gasteiger partial charge in [-0.15, -0.1) is 11.3 Å². The van der Waals surface area contributed by atoms with Crippen molar-refractivity contribution < 1.29 is 4.42 Å². The molecule has 1 unspecified atom stereocenters. The lowest BCUT2D eigenvalue weighted by Crippen LogP contribution is -2.46. The number of piperazine rings is 1. The maximum atomic E-state index is 10.0. The number of fused-ring (bicyclic) bond motifs is 1. The minimum atomic E-state index is -0.358. The number of hydrogen-bond acceptors (Lipinski definition) is 6. The van der Waals surface area contributed by atoms with Gasteiger partial charge in [0.25, 0.3) is 0 Å².